The molecule has 4 rings (SSSR count). The van der Waals surface area contributed by atoms with Gasteiger partial charge in [-0.25, -0.2) is 0 Å². The predicted octanol–water partition coefficient (Wildman–Crippen LogP) is 1.88. The molecule has 28 heavy (non-hydrogen) atoms. The number of nitrogens with one attached hydrogen (secondary N) is 1. The van der Waals surface area contributed by atoms with Crippen molar-refractivity contribution < 1.29 is 4.74 Å². The van der Waals surface area contributed by atoms with E-state index in [0.717, 1.165) is 65.0 Å². The fourth-order valence-corrected chi connectivity index (χ4v) is 4.85. The van der Waals surface area contributed by atoms with E-state index in [1.54, 1.807) is 0 Å². The zero-order chi connectivity index (χ0) is 19.4. The molecular weight excluding hydrogens is 350 g/mol. The summed E-state index contributed by atoms with van der Waals surface area (Å²) in [5.41, 5.74) is 1.71. The summed E-state index contributed by atoms with van der Waals surface area (Å²) in [6.45, 7) is 11.7. The molecule has 0 aromatic heterocycles. The summed E-state index contributed by atoms with van der Waals surface area (Å²) in [5, 5.41) is 3.64. The monoisotopic (exact) mass is 385 g/mol. The number of hydrogen-bond acceptors (Lipinski definition) is 4. The van der Waals surface area contributed by atoms with E-state index in [2.05, 4.69) is 62.3 Å². The first kappa shape index (κ1) is 19.5. The number of likely N-dealkylation sites (tertiary alicyclic amines) is 1. The number of guanidine groups is 1. The number of aliphatic imine (C=N–C) groups is 1. The van der Waals surface area contributed by atoms with E-state index in [9.17, 15) is 0 Å². The molecule has 0 amide bonds. The Hall–Kier alpha value is -1.79. The Bertz CT molecular complexity index is 650. The summed E-state index contributed by atoms with van der Waals surface area (Å²) < 4.78 is 5.66. The van der Waals surface area contributed by atoms with Gasteiger partial charge in [-0.3, -0.25) is 9.89 Å². The zero-order valence-corrected chi connectivity index (χ0v) is 17.4. The number of anilines is 1. The van der Waals surface area contributed by atoms with Crippen molar-refractivity contribution in [3.63, 3.8) is 0 Å². The van der Waals surface area contributed by atoms with Gasteiger partial charge in [-0.1, -0.05) is 18.2 Å². The molecule has 0 aliphatic carbocycles. The van der Waals surface area contributed by atoms with Crippen molar-refractivity contribution in [1.82, 2.24) is 15.1 Å². The normalized spacial score (nSPS) is 27.6. The van der Waals surface area contributed by atoms with Crippen LogP contribution in [0, 0.1) is 5.41 Å². The number of para-hydroxylation sites is 1. The van der Waals surface area contributed by atoms with Gasteiger partial charge >= 0.3 is 0 Å². The van der Waals surface area contributed by atoms with E-state index >= 15 is 0 Å². The molecule has 2 atom stereocenters. The van der Waals surface area contributed by atoms with Crippen molar-refractivity contribution in [3.8, 4) is 0 Å². The quantitative estimate of drug-likeness (QED) is 0.633. The lowest BCUT2D eigenvalue weighted by Crippen LogP contribution is -2.53. The smallest absolute Gasteiger partial charge is 0.193 e. The van der Waals surface area contributed by atoms with Crippen LogP contribution in [-0.2, 0) is 4.74 Å². The average Bonchev–Trinajstić information content (AvgIpc) is 3.39. The maximum absolute atomic E-state index is 5.66. The Morgan fingerprint density at radius 1 is 1.14 bits per heavy atom. The standard InChI is InChI=1S/C22H35N5O/c1-19(25-11-13-26(14-12-25)20-6-4-3-5-7-20)16-24-21(23-2)27-10-8-22(17-27)9-15-28-18-22/h3-7,19H,8-18H2,1-2H3,(H,23,24). The van der Waals surface area contributed by atoms with E-state index in [1.807, 2.05) is 7.05 Å². The molecule has 0 radical (unpaired) electrons. The molecule has 3 heterocycles. The molecule has 1 aromatic carbocycles. The van der Waals surface area contributed by atoms with Gasteiger partial charge in [0.25, 0.3) is 0 Å². The second kappa shape index (κ2) is 8.70. The Balaban J connectivity index is 1.23. The third-order valence-electron chi connectivity index (χ3n) is 6.75. The van der Waals surface area contributed by atoms with Crippen molar-refractivity contribution in [2.45, 2.75) is 25.8 Å². The van der Waals surface area contributed by atoms with Crippen LogP contribution in [-0.4, -0.2) is 87.9 Å². The van der Waals surface area contributed by atoms with Crippen LogP contribution in [0.5, 0.6) is 0 Å². The molecule has 154 valence electrons. The Morgan fingerprint density at radius 3 is 2.61 bits per heavy atom. The highest BCUT2D eigenvalue weighted by Crippen LogP contribution is 2.38. The number of benzene rings is 1. The second-order valence-corrected chi connectivity index (χ2v) is 8.61. The lowest BCUT2D eigenvalue weighted by molar-refractivity contribution is 0.156. The summed E-state index contributed by atoms with van der Waals surface area (Å²) in [6, 6.07) is 11.3. The molecule has 3 saturated heterocycles. The highest BCUT2D eigenvalue weighted by Gasteiger charge is 2.42. The van der Waals surface area contributed by atoms with Crippen molar-refractivity contribution >= 4 is 11.6 Å². The third kappa shape index (κ3) is 4.28. The van der Waals surface area contributed by atoms with Gasteiger partial charge in [-0.2, -0.15) is 0 Å². The maximum atomic E-state index is 5.66. The zero-order valence-electron chi connectivity index (χ0n) is 17.4. The lowest BCUT2D eigenvalue weighted by Gasteiger charge is -2.39. The fraction of sp³-hybridized carbons (Fsp3) is 0.682. The van der Waals surface area contributed by atoms with Crippen molar-refractivity contribution in [2.24, 2.45) is 10.4 Å². The Morgan fingerprint density at radius 2 is 1.93 bits per heavy atom. The Labute approximate surface area is 169 Å². The molecule has 2 unspecified atom stereocenters. The van der Waals surface area contributed by atoms with Crippen molar-refractivity contribution in [3.05, 3.63) is 30.3 Å². The first-order valence-electron chi connectivity index (χ1n) is 10.8. The van der Waals surface area contributed by atoms with Crippen LogP contribution in [0.4, 0.5) is 5.69 Å². The number of ether oxygens (including phenoxy) is 1. The second-order valence-electron chi connectivity index (χ2n) is 8.61. The highest BCUT2D eigenvalue weighted by molar-refractivity contribution is 5.80. The van der Waals surface area contributed by atoms with Gasteiger partial charge in [0.15, 0.2) is 5.96 Å². The minimum absolute atomic E-state index is 0.372. The van der Waals surface area contributed by atoms with Crippen LogP contribution in [0.25, 0.3) is 0 Å². The molecule has 1 N–H and O–H groups in total. The van der Waals surface area contributed by atoms with Crippen LogP contribution in [0.2, 0.25) is 0 Å². The van der Waals surface area contributed by atoms with Gasteiger partial charge in [-0.05, 0) is 31.9 Å². The molecular formula is C22H35N5O. The summed E-state index contributed by atoms with van der Waals surface area (Å²) in [7, 11) is 1.90. The van der Waals surface area contributed by atoms with Gasteiger partial charge in [0, 0.05) is 76.6 Å². The van der Waals surface area contributed by atoms with E-state index in [4.69, 9.17) is 4.74 Å². The average molecular weight is 386 g/mol. The van der Waals surface area contributed by atoms with Crippen molar-refractivity contribution in [1.29, 1.82) is 0 Å². The maximum Gasteiger partial charge on any atom is 0.193 e. The number of piperazine rings is 1. The van der Waals surface area contributed by atoms with E-state index < -0.39 is 0 Å². The summed E-state index contributed by atoms with van der Waals surface area (Å²) >= 11 is 0. The van der Waals surface area contributed by atoms with E-state index in [0.29, 0.717) is 11.5 Å². The van der Waals surface area contributed by atoms with Gasteiger partial charge < -0.3 is 19.9 Å². The Kier molecular flexibility index (Phi) is 6.07. The topological polar surface area (TPSA) is 43.3 Å². The largest absolute Gasteiger partial charge is 0.381 e. The minimum atomic E-state index is 0.372. The fourth-order valence-electron chi connectivity index (χ4n) is 4.85. The van der Waals surface area contributed by atoms with E-state index in [-0.39, 0.29) is 0 Å². The van der Waals surface area contributed by atoms with Gasteiger partial charge in [0.05, 0.1) is 6.61 Å². The highest BCUT2D eigenvalue weighted by atomic mass is 16.5. The molecule has 6 heteroatoms. The first-order valence-corrected chi connectivity index (χ1v) is 10.8. The van der Waals surface area contributed by atoms with E-state index in [1.165, 1.54) is 18.5 Å². The van der Waals surface area contributed by atoms with Crippen LogP contribution in [0.15, 0.2) is 35.3 Å². The summed E-state index contributed by atoms with van der Waals surface area (Å²) in [6.07, 6.45) is 2.42. The van der Waals surface area contributed by atoms with Crippen LogP contribution in [0.3, 0.4) is 0 Å². The minimum Gasteiger partial charge on any atom is -0.381 e. The number of rotatable bonds is 4. The van der Waals surface area contributed by atoms with Crippen LogP contribution >= 0.6 is 0 Å². The van der Waals surface area contributed by atoms with Crippen LogP contribution in [0.1, 0.15) is 19.8 Å². The number of hydrogen-bond donors (Lipinski definition) is 1. The summed E-state index contributed by atoms with van der Waals surface area (Å²) in [4.78, 5) is 12.1. The molecule has 3 fully saturated rings. The molecule has 3 aliphatic rings. The van der Waals surface area contributed by atoms with Gasteiger partial charge in [-0.15, -0.1) is 0 Å². The molecule has 1 spiro atoms. The SMILES string of the molecule is CN=C(NCC(C)N1CCN(c2ccccc2)CC1)N1CCC2(CCOC2)C1. The first-order chi connectivity index (χ1) is 13.7. The van der Waals surface area contributed by atoms with Crippen LogP contribution < -0.4 is 10.2 Å². The van der Waals surface area contributed by atoms with Crippen molar-refractivity contribution in [2.75, 3.05) is 71.0 Å². The van der Waals surface area contributed by atoms with Gasteiger partial charge in [0.2, 0.25) is 0 Å². The molecule has 3 aliphatic heterocycles. The van der Waals surface area contributed by atoms with Gasteiger partial charge in [0.1, 0.15) is 0 Å². The number of nitrogens with zero attached hydrogens (tertiary/aromatic N) is 4. The summed E-state index contributed by atoms with van der Waals surface area (Å²) in [5.74, 6) is 1.05. The molecule has 0 saturated carbocycles. The predicted molar refractivity (Wildman–Crippen MR) is 115 cm³/mol. The molecule has 1 aromatic rings. The third-order valence-corrected chi connectivity index (χ3v) is 6.75. The molecule has 6 nitrogen and oxygen atoms in total. The molecule has 0 bridgehead atoms. The lowest BCUT2D eigenvalue weighted by atomic mass is 9.87.